The van der Waals surface area contributed by atoms with Crippen LogP contribution in [0.3, 0.4) is 0 Å². The Balaban J connectivity index is 2.13. The number of benzene rings is 2. The second-order valence-electron chi connectivity index (χ2n) is 4.81. The Labute approximate surface area is 122 Å². The Morgan fingerprint density at radius 3 is 2.30 bits per heavy atom. The van der Waals surface area contributed by atoms with Crippen molar-refractivity contribution in [2.75, 3.05) is 0 Å². The third-order valence-electron chi connectivity index (χ3n) is 3.32. The molecule has 0 aliphatic carbocycles. The van der Waals surface area contributed by atoms with E-state index in [0.29, 0.717) is 10.6 Å². The lowest BCUT2D eigenvalue weighted by Gasteiger charge is -2.21. The van der Waals surface area contributed by atoms with Gasteiger partial charge in [0.25, 0.3) is 0 Å². The van der Waals surface area contributed by atoms with Crippen molar-refractivity contribution in [3.63, 3.8) is 0 Å². The Morgan fingerprint density at radius 1 is 0.950 bits per heavy atom. The average Bonchev–Trinajstić information content (AvgIpc) is 2.42. The molecule has 1 N–H and O–H groups in total. The quantitative estimate of drug-likeness (QED) is 0.834. The van der Waals surface area contributed by atoms with Crippen LogP contribution >= 0.6 is 11.6 Å². The molecule has 0 amide bonds. The molecule has 0 saturated carbocycles. The molecule has 0 aromatic heterocycles. The fourth-order valence-corrected chi connectivity index (χ4v) is 2.47. The Bertz CT molecular complexity index is 601. The maximum Gasteiger partial charge on any atom is 0.159 e. The number of nitrogens with one attached hydrogen (secondary N) is 1. The molecule has 106 valence electrons. The molecule has 1 nitrogen and oxygen atoms in total. The predicted molar refractivity (Wildman–Crippen MR) is 77.8 cm³/mol. The molecule has 2 aromatic rings. The zero-order chi connectivity index (χ0) is 14.7. The number of halogens is 3. The van der Waals surface area contributed by atoms with E-state index in [4.69, 9.17) is 11.6 Å². The van der Waals surface area contributed by atoms with Crippen LogP contribution < -0.4 is 5.32 Å². The smallest absolute Gasteiger partial charge is 0.159 e. The minimum absolute atomic E-state index is 0.00631. The molecule has 0 fully saturated rings. The van der Waals surface area contributed by atoms with Crippen LogP contribution in [0.5, 0.6) is 0 Å². The van der Waals surface area contributed by atoms with Gasteiger partial charge in [-0.1, -0.05) is 35.9 Å². The van der Waals surface area contributed by atoms with Gasteiger partial charge in [0.1, 0.15) is 0 Å². The first kappa shape index (κ1) is 14.9. The molecular weight excluding hydrogens is 280 g/mol. The summed E-state index contributed by atoms with van der Waals surface area (Å²) in [7, 11) is 0. The summed E-state index contributed by atoms with van der Waals surface area (Å²) >= 11 is 6.14. The molecule has 2 aromatic carbocycles. The highest BCUT2D eigenvalue weighted by molar-refractivity contribution is 6.31. The van der Waals surface area contributed by atoms with Crippen molar-refractivity contribution in [3.8, 4) is 0 Å². The first-order valence-corrected chi connectivity index (χ1v) is 6.82. The van der Waals surface area contributed by atoms with E-state index in [1.807, 2.05) is 38.1 Å². The molecule has 2 unspecified atom stereocenters. The molecule has 0 saturated heterocycles. The first-order chi connectivity index (χ1) is 9.49. The second-order valence-corrected chi connectivity index (χ2v) is 5.21. The van der Waals surface area contributed by atoms with Crippen LogP contribution in [-0.4, -0.2) is 0 Å². The number of hydrogen-bond donors (Lipinski definition) is 1. The van der Waals surface area contributed by atoms with Gasteiger partial charge in [0.05, 0.1) is 0 Å². The maximum atomic E-state index is 13.2. The van der Waals surface area contributed by atoms with E-state index >= 15 is 0 Å². The summed E-state index contributed by atoms with van der Waals surface area (Å²) in [6.07, 6.45) is 0. The summed E-state index contributed by atoms with van der Waals surface area (Å²) in [4.78, 5) is 0. The van der Waals surface area contributed by atoms with Crippen molar-refractivity contribution >= 4 is 11.6 Å². The van der Waals surface area contributed by atoms with Crippen molar-refractivity contribution in [1.82, 2.24) is 5.32 Å². The monoisotopic (exact) mass is 295 g/mol. The minimum atomic E-state index is -0.833. The van der Waals surface area contributed by atoms with Crippen LogP contribution in [0.1, 0.15) is 37.1 Å². The lowest BCUT2D eigenvalue weighted by Crippen LogP contribution is -2.22. The van der Waals surface area contributed by atoms with E-state index in [9.17, 15) is 8.78 Å². The molecule has 2 rings (SSSR count). The van der Waals surface area contributed by atoms with E-state index < -0.39 is 11.6 Å². The van der Waals surface area contributed by atoms with Gasteiger partial charge in [0, 0.05) is 17.1 Å². The Hall–Kier alpha value is -1.45. The molecule has 2 atom stereocenters. The number of rotatable bonds is 4. The molecule has 20 heavy (non-hydrogen) atoms. The van der Waals surface area contributed by atoms with Gasteiger partial charge < -0.3 is 5.32 Å². The second kappa shape index (κ2) is 6.33. The van der Waals surface area contributed by atoms with E-state index in [1.54, 1.807) is 6.07 Å². The van der Waals surface area contributed by atoms with Gasteiger partial charge in [-0.15, -0.1) is 0 Å². The molecule has 0 aliphatic rings. The Kier molecular flexibility index (Phi) is 4.73. The highest BCUT2D eigenvalue weighted by Gasteiger charge is 2.14. The summed E-state index contributed by atoms with van der Waals surface area (Å²) in [5.41, 5.74) is 1.67. The van der Waals surface area contributed by atoms with Crippen molar-refractivity contribution in [1.29, 1.82) is 0 Å². The van der Waals surface area contributed by atoms with Crippen molar-refractivity contribution < 1.29 is 8.78 Å². The van der Waals surface area contributed by atoms with Gasteiger partial charge in [-0.05, 0) is 43.2 Å². The first-order valence-electron chi connectivity index (χ1n) is 6.44. The predicted octanol–water partition coefficient (Wildman–Crippen LogP) is 5.03. The van der Waals surface area contributed by atoms with Crippen LogP contribution in [0.15, 0.2) is 42.5 Å². The molecule has 0 radical (unpaired) electrons. The summed E-state index contributed by atoms with van der Waals surface area (Å²) < 4.78 is 26.2. The normalized spacial score (nSPS) is 14.1. The molecule has 0 spiro atoms. The third kappa shape index (κ3) is 3.35. The summed E-state index contributed by atoms with van der Waals surface area (Å²) in [5, 5.41) is 4.01. The lowest BCUT2D eigenvalue weighted by molar-refractivity contribution is 0.480. The van der Waals surface area contributed by atoms with Crippen LogP contribution in [0, 0.1) is 11.6 Å². The maximum absolute atomic E-state index is 13.2. The average molecular weight is 296 g/mol. The third-order valence-corrected chi connectivity index (χ3v) is 3.66. The van der Waals surface area contributed by atoms with E-state index in [1.165, 1.54) is 6.07 Å². The van der Waals surface area contributed by atoms with Gasteiger partial charge in [-0.25, -0.2) is 8.78 Å². The molecule has 4 heteroatoms. The Morgan fingerprint density at radius 2 is 1.65 bits per heavy atom. The number of hydrogen-bond acceptors (Lipinski definition) is 1. The fourth-order valence-electron chi connectivity index (χ4n) is 2.17. The summed E-state index contributed by atoms with van der Waals surface area (Å²) in [5.74, 6) is -1.67. The minimum Gasteiger partial charge on any atom is -0.304 e. The van der Waals surface area contributed by atoms with Gasteiger partial charge in [0.2, 0.25) is 0 Å². The topological polar surface area (TPSA) is 12.0 Å². The van der Waals surface area contributed by atoms with Crippen LogP contribution in [-0.2, 0) is 0 Å². The van der Waals surface area contributed by atoms with Gasteiger partial charge in [-0.2, -0.15) is 0 Å². The summed E-state index contributed by atoms with van der Waals surface area (Å²) in [6.45, 7) is 3.89. The standard InChI is InChI=1S/C16H16ClF2N/c1-10(12-7-8-15(18)16(19)9-12)20-11(2)13-5-3-4-6-14(13)17/h3-11,20H,1-2H3. The van der Waals surface area contributed by atoms with Crippen molar-refractivity contribution in [3.05, 3.63) is 70.2 Å². The highest BCUT2D eigenvalue weighted by Crippen LogP contribution is 2.25. The van der Waals surface area contributed by atoms with Gasteiger partial charge >= 0.3 is 0 Å². The lowest BCUT2D eigenvalue weighted by atomic mass is 10.0. The molecule has 0 bridgehead atoms. The van der Waals surface area contributed by atoms with Crippen LogP contribution in [0.25, 0.3) is 0 Å². The van der Waals surface area contributed by atoms with Gasteiger partial charge in [-0.3, -0.25) is 0 Å². The zero-order valence-electron chi connectivity index (χ0n) is 11.3. The van der Waals surface area contributed by atoms with Gasteiger partial charge in [0.15, 0.2) is 11.6 Å². The SMILES string of the molecule is CC(NC(C)c1ccccc1Cl)c1ccc(F)c(F)c1. The highest BCUT2D eigenvalue weighted by atomic mass is 35.5. The van der Waals surface area contributed by atoms with Crippen molar-refractivity contribution in [2.45, 2.75) is 25.9 Å². The van der Waals surface area contributed by atoms with Crippen molar-refractivity contribution in [2.24, 2.45) is 0 Å². The van der Waals surface area contributed by atoms with E-state index in [0.717, 1.165) is 11.6 Å². The van der Waals surface area contributed by atoms with Crippen LogP contribution in [0.4, 0.5) is 8.78 Å². The molecular formula is C16H16ClF2N. The zero-order valence-corrected chi connectivity index (χ0v) is 12.1. The van der Waals surface area contributed by atoms with Crippen LogP contribution in [0.2, 0.25) is 5.02 Å². The van der Waals surface area contributed by atoms with E-state index in [-0.39, 0.29) is 12.1 Å². The molecule has 0 aliphatic heterocycles. The summed E-state index contributed by atoms with van der Waals surface area (Å²) in [6, 6.07) is 11.4. The largest absolute Gasteiger partial charge is 0.304 e. The molecule has 0 heterocycles. The van der Waals surface area contributed by atoms with E-state index in [2.05, 4.69) is 5.32 Å². The fraction of sp³-hybridized carbons (Fsp3) is 0.250.